The van der Waals surface area contributed by atoms with Gasteiger partial charge in [-0.15, -0.1) is 0 Å². The molecule has 0 saturated carbocycles. The number of phosphoric acid groups is 1. The second kappa shape index (κ2) is 9.32. The van der Waals surface area contributed by atoms with Crippen LogP contribution in [0.2, 0.25) is 0 Å². The van der Waals surface area contributed by atoms with Gasteiger partial charge >= 0.3 is 59.1 Å². The number of hydrogen-bond donors (Lipinski definition) is 0. The fourth-order valence-electron chi connectivity index (χ4n) is 4.37. The Morgan fingerprint density at radius 2 is 1.87 bits per heavy atom. The minimum absolute atomic E-state index is 0. The predicted octanol–water partition coefficient (Wildman–Crippen LogP) is -4.71. The Kier molecular flexibility index (Phi) is 7.57. The summed E-state index contributed by atoms with van der Waals surface area (Å²) < 4.78 is 32.3. The number of nitrogens with zero attached hydrogens (tertiary/aromatic N) is 1. The number of rotatable bonds is 3. The number of fused-ring (bicyclic) bond motifs is 5. The van der Waals surface area contributed by atoms with Crippen LogP contribution in [0.1, 0.15) is 28.3 Å². The summed E-state index contributed by atoms with van der Waals surface area (Å²) in [5.41, 5.74) is 4.06. The van der Waals surface area contributed by atoms with Gasteiger partial charge in [-0.05, 0) is 47.7 Å². The van der Waals surface area contributed by atoms with Crippen molar-refractivity contribution in [2.24, 2.45) is 0 Å². The first-order chi connectivity index (χ1) is 13.4. The summed E-state index contributed by atoms with van der Waals surface area (Å²) in [6, 6.07) is 7.78. The van der Waals surface area contributed by atoms with E-state index in [4.69, 9.17) is 18.7 Å². The second-order valence-electron chi connectivity index (χ2n) is 7.12. The van der Waals surface area contributed by atoms with Crippen LogP contribution in [0.3, 0.4) is 0 Å². The molecular formula is C19H18NNa2O7P. The molecule has 30 heavy (non-hydrogen) atoms. The van der Waals surface area contributed by atoms with Crippen molar-refractivity contribution in [1.29, 1.82) is 0 Å². The summed E-state index contributed by atoms with van der Waals surface area (Å²) in [5, 5.41) is 0. The van der Waals surface area contributed by atoms with Gasteiger partial charge in [0.25, 0.3) is 0 Å². The van der Waals surface area contributed by atoms with Crippen LogP contribution in [-0.2, 0) is 24.0 Å². The molecule has 1 atom stereocenters. The van der Waals surface area contributed by atoms with Crippen molar-refractivity contribution in [1.82, 2.24) is 4.90 Å². The molecule has 148 valence electrons. The standard InChI is InChI=1S/C19H20NO7P.2Na/c1-24-16-3-2-11-6-15-13-8-18-17(25-10-26-18)7-12(13)4-5-20(15)9-14(11)19(16)27-28(21,22)23;;/h2-3,7-8,15H,4-6,9-10H2,1H3,(H2,21,22,23);;/q;2*+1/p-2. The van der Waals surface area contributed by atoms with E-state index in [1.54, 1.807) is 6.07 Å². The first-order valence-corrected chi connectivity index (χ1v) is 10.5. The Labute approximate surface area is 218 Å². The summed E-state index contributed by atoms with van der Waals surface area (Å²) in [6.07, 6.45) is 1.52. The number of benzene rings is 2. The van der Waals surface area contributed by atoms with Crippen molar-refractivity contribution >= 4 is 7.82 Å². The van der Waals surface area contributed by atoms with Crippen molar-refractivity contribution < 1.29 is 92.2 Å². The molecule has 11 heteroatoms. The maximum absolute atomic E-state index is 11.3. The van der Waals surface area contributed by atoms with E-state index in [0.29, 0.717) is 18.5 Å². The van der Waals surface area contributed by atoms with Crippen molar-refractivity contribution in [3.05, 3.63) is 46.5 Å². The molecule has 2 aromatic rings. The molecule has 3 aliphatic heterocycles. The van der Waals surface area contributed by atoms with Gasteiger partial charge in [0.15, 0.2) is 23.0 Å². The smallest absolute Gasteiger partial charge is 0.780 e. The fourth-order valence-corrected chi connectivity index (χ4v) is 4.79. The Morgan fingerprint density at radius 1 is 1.13 bits per heavy atom. The van der Waals surface area contributed by atoms with Crippen molar-refractivity contribution in [3.8, 4) is 23.0 Å². The molecule has 0 bridgehead atoms. The van der Waals surface area contributed by atoms with E-state index >= 15 is 0 Å². The summed E-state index contributed by atoms with van der Waals surface area (Å²) in [4.78, 5) is 24.8. The van der Waals surface area contributed by atoms with Crippen molar-refractivity contribution in [3.63, 3.8) is 0 Å². The summed E-state index contributed by atoms with van der Waals surface area (Å²) in [6.45, 7) is 1.51. The molecular weight excluding hydrogens is 431 g/mol. The Hall–Kier alpha value is -0.250. The molecule has 0 aromatic heterocycles. The van der Waals surface area contributed by atoms with Gasteiger partial charge in [0, 0.05) is 24.7 Å². The third-order valence-electron chi connectivity index (χ3n) is 5.62. The monoisotopic (exact) mass is 449 g/mol. The SMILES string of the molecule is COc1ccc2c(c1OP(=O)([O-])[O-])CN1CCc3cc4c(cc3C1C2)OCO4.[Na+].[Na+]. The Balaban J connectivity index is 0.00000128. The maximum Gasteiger partial charge on any atom is 1.00 e. The zero-order valence-corrected chi connectivity index (χ0v) is 22.1. The average molecular weight is 449 g/mol. The molecule has 3 aliphatic rings. The molecule has 8 nitrogen and oxygen atoms in total. The van der Waals surface area contributed by atoms with E-state index in [1.807, 2.05) is 12.1 Å². The largest absolute Gasteiger partial charge is 1.00 e. The van der Waals surface area contributed by atoms with E-state index in [0.717, 1.165) is 30.0 Å². The predicted molar refractivity (Wildman–Crippen MR) is 94.4 cm³/mol. The molecule has 3 heterocycles. The Bertz CT molecular complexity index is 1010. The van der Waals surface area contributed by atoms with Crippen molar-refractivity contribution in [2.45, 2.75) is 25.4 Å². The van der Waals surface area contributed by atoms with Gasteiger partial charge in [0.05, 0.1) is 7.11 Å². The topological polar surface area (TPSA) is 103 Å². The van der Waals surface area contributed by atoms with Crippen LogP contribution < -0.4 is 87.6 Å². The molecule has 0 aliphatic carbocycles. The number of methoxy groups -OCH3 is 1. The van der Waals surface area contributed by atoms with Gasteiger partial charge in [-0.3, -0.25) is 4.90 Å². The number of hydrogen-bond acceptors (Lipinski definition) is 8. The van der Waals surface area contributed by atoms with Gasteiger partial charge in [-0.2, -0.15) is 0 Å². The molecule has 1 unspecified atom stereocenters. The second-order valence-corrected chi connectivity index (χ2v) is 8.19. The maximum atomic E-state index is 11.3. The minimum atomic E-state index is -5.20. The van der Waals surface area contributed by atoms with Crippen LogP contribution in [0.4, 0.5) is 0 Å². The van der Waals surface area contributed by atoms with Crippen LogP contribution in [0.5, 0.6) is 23.0 Å². The van der Waals surface area contributed by atoms with E-state index < -0.39 is 7.82 Å². The van der Waals surface area contributed by atoms with Gasteiger partial charge in [0.2, 0.25) is 6.79 Å². The minimum Gasteiger partial charge on any atom is -0.780 e. The van der Waals surface area contributed by atoms with Gasteiger partial charge in [-0.25, -0.2) is 0 Å². The first-order valence-electron chi connectivity index (χ1n) is 9.00. The van der Waals surface area contributed by atoms with Crippen LogP contribution in [0, 0.1) is 0 Å². The molecule has 0 amide bonds. The van der Waals surface area contributed by atoms with Crippen LogP contribution in [0.15, 0.2) is 24.3 Å². The van der Waals surface area contributed by atoms with E-state index in [2.05, 4.69) is 11.0 Å². The molecule has 0 radical (unpaired) electrons. The summed E-state index contributed by atoms with van der Waals surface area (Å²) in [7, 11) is -3.78. The van der Waals surface area contributed by atoms with Crippen molar-refractivity contribution in [2.75, 3.05) is 20.4 Å². The van der Waals surface area contributed by atoms with Gasteiger partial charge in [0.1, 0.15) is 7.82 Å². The molecule has 2 aromatic carbocycles. The fraction of sp³-hybridized carbons (Fsp3) is 0.368. The molecule has 0 N–H and O–H groups in total. The third-order valence-corrected chi connectivity index (χ3v) is 6.03. The van der Waals surface area contributed by atoms with Crippen LogP contribution in [0.25, 0.3) is 0 Å². The quantitative estimate of drug-likeness (QED) is 0.340. The van der Waals surface area contributed by atoms with E-state index in [9.17, 15) is 14.4 Å². The third kappa shape index (κ3) is 4.46. The number of phosphoric ester groups is 1. The van der Waals surface area contributed by atoms with E-state index in [1.165, 1.54) is 18.2 Å². The molecule has 0 fully saturated rings. The zero-order chi connectivity index (χ0) is 19.5. The van der Waals surface area contributed by atoms with Crippen LogP contribution >= 0.6 is 7.82 Å². The van der Waals surface area contributed by atoms with Gasteiger partial charge in [-0.1, -0.05) is 6.07 Å². The van der Waals surface area contributed by atoms with E-state index in [-0.39, 0.29) is 83.4 Å². The Morgan fingerprint density at radius 3 is 2.57 bits per heavy atom. The summed E-state index contributed by atoms with van der Waals surface area (Å²) in [5.74, 6) is 1.78. The number of ether oxygens (including phenoxy) is 3. The average Bonchev–Trinajstić information content (AvgIpc) is 3.11. The van der Waals surface area contributed by atoms with Crippen LogP contribution in [-0.4, -0.2) is 25.3 Å². The first kappa shape index (κ1) is 24.4. The molecule has 5 rings (SSSR count). The normalized spacial score (nSPS) is 18.8. The molecule has 0 saturated heterocycles. The van der Waals surface area contributed by atoms with Gasteiger partial charge < -0.3 is 33.1 Å². The molecule has 0 spiro atoms. The zero-order valence-electron chi connectivity index (χ0n) is 17.2. The summed E-state index contributed by atoms with van der Waals surface area (Å²) >= 11 is 0.